The Kier molecular flexibility index (Phi) is 11.4. The molecular weight excluding hydrogens is 296 g/mol. The number of unbranched alkanes of at least 4 members (excludes halogenated alkanes) is 1. The molecule has 1 N–H and O–H groups in total. The van der Waals surface area contributed by atoms with Crippen molar-refractivity contribution in [1.82, 2.24) is 5.32 Å². The molecule has 1 aliphatic rings. The minimum absolute atomic E-state index is 0.0671. The Morgan fingerprint density at radius 2 is 1.96 bits per heavy atom. The summed E-state index contributed by atoms with van der Waals surface area (Å²) >= 11 is 0. The molecule has 0 unspecified atom stereocenters. The number of aliphatic imine (C=N–C) groups is 1. The minimum Gasteiger partial charge on any atom is -0.324 e. The minimum atomic E-state index is -0.169. The molecule has 1 amide bonds. The molecule has 3 heteroatoms. The zero-order valence-corrected chi connectivity index (χ0v) is 14.8. The second-order valence-corrected chi connectivity index (χ2v) is 4.63. The third-order valence-electron chi connectivity index (χ3n) is 2.96. The predicted molar refractivity (Wildman–Crippen MR) is 106 cm³/mol. The number of carbonyl (C=O) groups excluding carboxylic acids is 1. The van der Waals surface area contributed by atoms with Gasteiger partial charge in [0, 0.05) is 11.3 Å². The summed E-state index contributed by atoms with van der Waals surface area (Å²) in [6.45, 7) is 19.2. The van der Waals surface area contributed by atoms with Gasteiger partial charge in [-0.2, -0.15) is 0 Å². The molecule has 0 bridgehead atoms. The Bertz CT molecular complexity index is 601. The molecule has 3 nitrogen and oxygen atoms in total. The molecule has 0 fully saturated rings. The van der Waals surface area contributed by atoms with Gasteiger partial charge >= 0.3 is 0 Å². The van der Waals surface area contributed by atoms with E-state index in [2.05, 4.69) is 36.6 Å². The normalized spacial score (nSPS) is 14.4. The van der Waals surface area contributed by atoms with Gasteiger partial charge in [0.15, 0.2) is 0 Å². The Morgan fingerprint density at radius 1 is 1.25 bits per heavy atom. The highest BCUT2D eigenvalue weighted by molar-refractivity contribution is 6.17. The molecule has 1 rings (SSSR count). The second kappa shape index (κ2) is 12.8. The van der Waals surface area contributed by atoms with Crippen LogP contribution < -0.4 is 5.32 Å². The Hall–Kier alpha value is -2.68. The number of rotatable bonds is 8. The molecule has 0 atom stereocenters. The standard InChI is InChI=1S/C19H22N2O.C2H6/c1-5-8-10-11-12-15(4)19-16(13-9-6-2)17(7-3)21-18(22)14-20-19;1-2/h5-7,9,11-13H,1-4,8,10,14H2,(H,21,22);1-2H3/b12-11-,13-9-;. The molecule has 0 aromatic rings. The van der Waals surface area contributed by atoms with E-state index in [-0.39, 0.29) is 12.5 Å². The van der Waals surface area contributed by atoms with Gasteiger partial charge in [0.2, 0.25) is 5.91 Å². The smallest absolute Gasteiger partial charge is 0.246 e. The van der Waals surface area contributed by atoms with Crippen molar-refractivity contribution in [3.63, 3.8) is 0 Å². The molecular formula is C21H28N2O. The predicted octanol–water partition coefficient (Wildman–Crippen LogP) is 4.84. The fourth-order valence-electron chi connectivity index (χ4n) is 1.91. The highest BCUT2D eigenvalue weighted by Gasteiger charge is 2.17. The summed E-state index contributed by atoms with van der Waals surface area (Å²) in [5.74, 6) is -0.169. The van der Waals surface area contributed by atoms with Crippen molar-refractivity contribution in [2.75, 3.05) is 6.54 Å². The number of hydrogen-bond acceptors (Lipinski definition) is 2. The fourth-order valence-corrected chi connectivity index (χ4v) is 1.91. The number of carbonyl (C=O) groups is 1. The van der Waals surface area contributed by atoms with Crippen molar-refractivity contribution in [2.45, 2.75) is 26.7 Å². The van der Waals surface area contributed by atoms with E-state index >= 15 is 0 Å². The Labute approximate surface area is 146 Å². The van der Waals surface area contributed by atoms with E-state index in [0.29, 0.717) is 11.4 Å². The largest absolute Gasteiger partial charge is 0.324 e. The summed E-state index contributed by atoms with van der Waals surface area (Å²) in [7, 11) is 0. The molecule has 0 aliphatic carbocycles. The molecule has 24 heavy (non-hydrogen) atoms. The second-order valence-electron chi connectivity index (χ2n) is 4.63. The van der Waals surface area contributed by atoms with Crippen LogP contribution in [-0.4, -0.2) is 18.2 Å². The van der Waals surface area contributed by atoms with Crippen LogP contribution in [0.5, 0.6) is 0 Å². The summed E-state index contributed by atoms with van der Waals surface area (Å²) in [6, 6.07) is 0. The van der Waals surface area contributed by atoms with E-state index in [1.807, 2.05) is 38.2 Å². The lowest BCUT2D eigenvalue weighted by Gasteiger charge is -2.10. The van der Waals surface area contributed by atoms with Crippen molar-refractivity contribution in [3.8, 4) is 0 Å². The number of nitrogens with one attached hydrogen (secondary N) is 1. The maximum absolute atomic E-state index is 11.7. The summed E-state index contributed by atoms with van der Waals surface area (Å²) in [5, 5.41) is 2.79. The van der Waals surface area contributed by atoms with Gasteiger partial charge in [0.1, 0.15) is 6.54 Å². The lowest BCUT2D eigenvalue weighted by molar-refractivity contribution is -0.118. The van der Waals surface area contributed by atoms with Crippen molar-refractivity contribution >= 4 is 11.6 Å². The van der Waals surface area contributed by atoms with E-state index in [1.165, 1.54) is 0 Å². The first kappa shape index (κ1) is 21.3. The van der Waals surface area contributed by atoms with Gasteiger partial charge in [-0.05, 0) is 24.5 Å². The average molecular weight is 324 g/mol. The highest BCUT2D eigenvalue weighted by atomic mass is 16.1. The van der Waals surface area contributed by atoms with Crippen LogP contribution in [0.15, 0.2) is 90.7 Å². The fraction of sp³-hybridized carbons (Fsp3) is 0.238. The van der Waals surface area contributed by atoms with Crippen LogP contribution in [0.25, 0.3) is 0 Å². The van der Waals surface area contributed by atoms with Gasteiger partial charge in [-0.1, -0.05) is 70.0 Å². The summed E-state index contributed by atoms with van der Waals surface area (Å²) < 4.78 is 0. The lowest BCUT2D eigenvalue weighted by Crippen LogP contribution is -2.23. The third kappa shape index (κ3) is 7.05. The number of hydrogen-bond donors (Lipinski definition) is 1. The van der Waals surface area contributed by atoms with Crippen molar-refractivity contribution < 1.29 is 4.79 Å². The van der Waals surface area contributed by atoms with Crippen molar-refractivity contribution in [1.29, 1.82) is 0 Å². The maximum Gasteiger partial charge on any atom is 0.246 e. The zero-order chi connectivity index (χ0) is 18.4. The molecule has 0 spiro atoms. The van der Waals surface area contributed by atoms with Gasteiger partial charge < -0.3 is 5.32 Å². The van der Waals surface area contributed by atoms with Crippen LogP contribution in [0.4, 0.5) is 0 Å². The molecule has 0 saturated carbocycles. The molecule has 0 radical (unpaired) electrons. The van der Waals surface area contributed by atoms with Gasteiger partial charge in [0.05, 0.1) is 5.71 Å². The van der Waals surface area contributed by atoms with Gasteiger partial charge in [-0.25, -0.2) is 0 Å². The van der Waals surface area contributed by atoms with E-state index in [9.17, 15) is 4.79 Å². The van der Waals surface area contributed by atoms with Gasteiger partial charge in [-0.15, -0.1) is 6.58 Å². The van der Waals surface area contributed by atoms with E-state index < -0.39 is 0 Å². The molecule has 128 valence electrons. The Balaban J connectivity index is 0.00000254. The van der Waals surface area contributed by atoms with Crippen molar-refractivity contribution in [3.05, 3.63) is 85.7 Å². The van der Waals surface area contributed by atoms with Crippen LogP contribution in [-0.2, 0) is 4.79 Å². The van der Waals surface area contributed by atoms with E-state index in [0.717, 1.165) is 24.0 Å². The number of nitrogens with zero attached hydrogens (tertiary/aromatic N) is 1. The first-order chi connectivity index (χ1) is 11.6. The van der Waals surface area contributed by atoms with E-state index in [1.54, 1.807) is 18.2 Å². The van der Waals surface area contributed by atoms with Crippen LogP contribution in [0.3, 0.4) is 0 Å². The molecule has 0 aromatic heterocycles. The van der Waals surface area contributed by atoms with Crippen LogP contribution in [0, 0.1) is 0 Å². The molecule has 1 aliphatic heterocycles. The van der Waals surface area contributed by atoms with Crippen LogP contribution in [0.1, 0.15) is 26.7 Å². The van der Waals surface area contributed by atoms with Gasteiger partial charge in [-0.3, -0.25) is 9.79 Å². The van der Waals surface area contributed by atoms with Crippen LogP contribution in [0.2, 0.25) is 0 Å². The van der Waals surface area contributed by atoms with Crippen molar-refractivity contribution in [2.24, 2.45) is 4.99 Å². The highest BCUT2D eigenvalue weighted by Crippen LogP contribution is 2.17. The average Bonchev–Trinajstić information content (AvgIpc) is 2.77. The monoisotopic (exact) mass is 324 g/mol. The van der Waals surface area contributed by atoms with Crippen LogP contribution >= 0.6 is 0 Å². The molecule has 0 aromatic carbocycles. The summed E-state index contributed by atoms with van der Waals surface area (Å²) in [4.78, 5) is 16.1. The van der Waals surface area contributed by atoms with Gasteiger partial charge in [0.25, 0.3) is 0 Å². The maximum atomic E-state index is 11.7. The number of allylic oxidation sites excluding steroid dienone is 9. The first-order valence-corrected chi connectivity index (χ1v) is 8.11. The summed E-state index contributed by atoms with van der Waals surface area (Å²) in [5.41, 5.74) is 2.84. The topological polar surface area (TPSA) is 41.5 Å². The number of amides is 1. The molecule has 1 heterocycles. The van der Waals surface area contributed by atoms with E-state index in [4.69, 9.17) is 0 Å². The quantitative estimate of drug-likeness (QED) is 0.387. The summed E-state index contributed by atoms with van der Waals surface area (Å²) in [6.07, 6.45) is 14.5. The molecule has 0 saturated heterocycles. The lowest BCUT2D eigenvalue weighted by atomic mass is 10.00. The zero-order valence-electron chi connectivity index (χ0n) is 14.8. The SMILES string of the molecule is C=C/C=C\C1=C(C=C)NC(=O)CN=C1C(=C)/C=C\CCC=C.CC. The first-order valence-electron chi connectivity index (χ1n) is 8.11. The Morgan fingerprint density at radius 3 is 2.54 bits per heavy atom. The third-order valence-corrected chi connectivity index (χ3v) is 2.96.